The zero-order chi connectivity index (χ0) is 15.5. The van der Waals surface area contributed by atoms with Gasteiger partial charge in [0.15, 0.2) is 0 Å². The van der Waals surface area contributed by atoms with Crippen LogP contribution in [0.4, 0.5) is 5.69 Å². The first-order valence-corrected chi connectivity index (χ1v) is 8.73. The number of halogens is 1. The van der Waals surface area contributed by atoms with Crippen LogP contribution in [0.1, 0.15) is 29.3 Å². The summed E-state index contributed by atoms with van der Waals surface area (Å²) in [5, 5.41) is 5.71. The van der Waals surface area contributed by atoms with Gasteiger partial charge in [0.05, 0.1) is 6.54 Å². The van der Waals surface area contributed by atoms with Crippen molar-refractivity contribution in [3.63, 3.8) is 0 Å². The quantitative estimate of drug-likeness (QED) is 0.893. The smallest absolute Gasteiger partial charge is 0.238 e. The molecule has 116 valence electrons. The van der Waals surface area contributed by atoms with Gasteiger partial charge < -0.3 is 5.32 Å². The number of thiophene rings is 1. The largest absolute Gasteiger partial charge is 0.325 e. The molecule has 0 spiro atoms. The Morgan fingerprint density at radius 1 is 1.45 bits per heavy atom. The lowest BCUT2D eigenvalue weighted by molar-refractivity contribution is -0.117. The summed E-state index contributed by atoms with van der Waals surface area (Å²) >= 11 is 7.87. The highest BCUT2D eigenvalue weighted by Gasteiger charge is 2.28. The Morgan fingerprint density at radius 2 is 2.32 bits per heavy atom. The van der Waals surface area contributed by atoms with Crippen molar-refractivity contribution in [1.29, 1.82) is 0 Å². The lowest BCUT2D eigenvalue weighted by Crippen LogP contribution is -2.32. The molecule has 1 aliphatic heterocycles. The summed E-state index contributed by atoms with van der Waals surface area (Å²) < 4.78 is 0. The molecule has 22 heavy (non-hydrogen) atoms. The van der Waals surface area contributed by atoms with Crippen molar-refractivity contribution in [3.8, 4) is 0 Å². The Morgan fingerprint density at radius 3 is 3.05 bits per heavy atom. The maximum Gasteiger partial charge on any atom is 0.238 e. The van der Waals surface area contributed by atoms with Gasteiger partial charge in [-0.05, 0) is 55.5 Å². The zero-order valence-corrected chi connectivity index (χ0v) is 14.1. The molecule has 1 N–H and O–H groups in total. The summed E-state index contributed by atoms with van der Waals surface area (Å²) in [5.41, 5.74) is 1.77. The number of likely N-dealkylation sites (tertiary alicyclic amines) is 1. The number of hydrogen-bond acceptors (Lipinski definition) is 3. The minimum atomic E-state index is 0.0170. The first kappa shape index (κ1) is 15.5. The van der Waals surface area contributed by atoms with Crippen LogP contribution in [0, 0.1) is 6.92 Å². The third kappa shape index (κ3) is 3.51. The van der Waals surface area contributed by atoms with Crippen molar-refractivity contribution in [2.24, 2.45) is 0 Å². The molecule has 0 saturated carbocycles. The van der Waals surface area contributed by atoms with E-state index in [1.165, 1.54) is 4.88 Å². The minimum absolute atomic E-state index is 0.0170. The molecule has 3 rings (SSSR count). The summed E-state index contributed by atoms with van der Waals surface area (Å²) in [7, 11) is 0. The molecular formula is C17H19ClN2OS. The highest BCUT2D eigenvalue weighted by Crippen LogP contribution is 2.34. The van der Waals surface area contributed by atoms with Gasteiger partial charge in [-0.15, -0.1) is 11.3 Å². The lowest BCUT2D eigenvalue weighted by atomic mass is 10.2. The van der Waals surface area contributed by atoms with Crippen LogP contribution in [0.2, 0.25) is 5.02 Å². The van der Waals surface area contributed by atoms with Crippen LogP contribution in [0.15, 0.2) is 35.7 Å². The second-order valence-electron chi connectivity index (χ2n) is 5.66. The van der Waals surface area contributed by atoms with E-state index in [0.717, 1.165) is 30.6 Å². The third-order valence-electron chi connectivity index (χ3n) is 4.04. The molecule has 1 saturated heterocycles. The predicted molar refractivity (Wildman–Crippen MR) is 92.7 cm³/mol. The van der Waals surface area contributed by atoms with Gasteiger partial charge in [-0.25, -0.2) is 0 Å². The van der Waals surface area contributed by atoms with Gasteiger partial charge in [0.1, 0.15) is 0 Å². The first-order valence-electron chi connectivity index (χ1n) is 7.47. The maximum atomic E-state index is 12.3. The van der Waals surface area contributed by atoms with Crippen LogP contribution in [-0.2, 0) is 4.79 Å². The van der Waals surface area contributed by atoms with E-state index in [4.69, 9.17) is 11.6 Å². The van der Waals surface area contributed by atoms with E-state index < -0.39 is 0 Å². The van der Waals surface area contributed by atoms with Gasteiger partial charge in [-0.2, -0.15) is 0 Å². The van der Waals surface area contributed by atoms with Crippen LogP contribution in [0.5, 0.6) is 0 Å². The summed E-state index contributed by atoms with van der Waals surface area (Å²) in [5.74, 6) is 0.0170. The van der Waals surface area contributed by atoms with Gasteiger partial charge in [-0.1, -0.05) is 23.7 Å². The van der Waals surface area contributed by atoms with Crippen molar-refractivity contribution in [3.05, 3.63) is 51.2 Å². The molecule has 3 nitrogen and oxygen atoms in total. The van der Waals surface area contributed by atoms with Crippen LogP contribution in [0.3, 0.4) is 0 Å². The number of nitrogens with zero attached hydrogens (tertiary/aromatic N) is 1. The van der Waals surface area contributed by atoms with Crippen molar-refractivity contribution in [1.82, 2.24) is 4.90 Å². The molecular weight excluding hydrogens is 316 g/mol. The van der Waals surface area contributed by atoms with Crippen LogP contribution in [0.25, 0.3) is 0 Å². The monoisotopic (exact) mass is 334 g/mol. The molecule has 0 radical (unpaired) electrons. The number of carbonyl (C=O) groups excluding carboxylic acids is 1. The van der Waals surface area contributed by atoms with E-state index in [1.54, 1.807) is 17.4 Å². The maximum absolute atomic E-state index is 12.3. The van der Waals surface area contributed by atoms with Gasteiger partial charge >= 0.3 is 0 Å². The summed E-state index contributed by atoms with van der Waals surface area (Å²) in [4.78, 5) is 15.9. The molecule has 2 heterocycles. The van der Waals surface area contributed by atoms with Crippen molar-refractivity contribution >= 4 is 34.5 Å². The number of hydrogen-bond donors (Lipinski definition) is 1. The van der Waals surface area contributed by atoms with Crippen molar-refractivity contribution in [2.75, 3.05) is 18.4 Å². The molecule has 1 aliphatic rings. The minimum Gasteiger partial charge on any atom is -0.325 e. The molecule has 0 aliphatic carbocycles. The van der Waals surface area contributed by atoms with E-state index in [0.29, 0.717) is 17.6 Å². The Bertz CT molecular complexity index is 657. The fourth-order valence-electron chi connectivity index (χ4n) is 2.87. The molecule has 5 heteroatoms. The van der Waals surface area contributed by atoms with Crippen LogP contribution >= 0.6 is 22.9 Å². The van der Waals surface area contributed by atoms with Crippen molar-refractivity contribution in [2.45, 2.75) is 25.8 Å². The fourth-order valence-corrected chi connectivity index (χ4v) is 3.95. The average molecular weight is 335 g/mol. The average Bonchev–Trinajstić information content (AvgIpc) is 3.13. The Balaban J connectivity index is 1.62. The number of anilines is 1. The van der Waals surface area contributed by atoms with Gasteiger partial charge in [0.2, 0.25) is 5.91 Å². The highest BCUT2D eigenvalue weighted by molar-refractivity contribution is 7.10. The number of amides is 1. The molecule has 1 aromatic carbocycles. The molecule has 1 aromatic heterocycles. The van der Waals surface area contributed by atoms with E-state index in [9.17, 15) is 4.79 Å². The Labute approximate surface area is 139 Å². The number of carbonyl (C=O) groups is 1. The van der Waals surface area contributed by atoms with Crippen LogP contribution < -0.4 is 5.32 Å². The van der Waals surface area contributed by atoms with E-state index in [-0.39, 0.29) is 5.91 Å². The Kier molecular flexibility index (Phi) is 4.81. The normalized spacial score (nSPS) is 18.5. The molecule has 1 atom stereocenters. The third-order valence-corrected chi connectivity index (χ3v) is 5.42. The highest BCUT2D eigenvalue weighted by atomic mass is 35.5. The first-order chi connectivity index (χ1) is 10.6. The summed E-state index contributed by atoms with van der Waals surface area (Å²) in [6.45, 7) is 3.35. The van der Waals surface area contributed by atoms with E-state index in [1.807, 2.05) is 19.1 Å². The van der Waals surface area contributed by atoms with Gasteiger partial charge in [0.25, 0.3) is 0 Å². The number of benzene rings is 1. The summed E-state index contributed by atoms with van der Waals surface area (Å²) in [6.07, 6.45) is 2.27. The number of aryl methyl sites for hydroxylation is 1. The standard InChI is InChI=1S/C17H19ClN2OS/c1-12-6-7-13(10-14(12)18)19-17(21)11-20-8-2-4-15(20)16-5-3-9-22-16/h3,5-7,9-10,15H,2,4,8,11H2,1H3,(H,19,21)/t15-/m0/s1. The molecule has 1 fully saturated rings. The lowest BCUT2D eigenvalue weighted by Gasteiger charge is -2.22. The van der Waals surface area contributed by atoms with Gasteiger partial charge in [0, 0.05) is 21.6 Å². The zero-order valence-electron chi connectivity index (χ0n) is 12.5. The van der Waals surface area contributed by atoms with E-state index in [2.05, 4.69) is 27.7 Å². The van der Waals surface area contributed by atoms with Crippen LogP contribution in [-0.4, -0.2) is 23.9 Å². The second-order valence-corrected chi connectivity index (χ2v) is 7.04. The summed E-state index contributed by atoms with van der Waals surface area (Å²) in [6, 6.07) is 10.2. The van der Waals surface area contributed by atoms with E-state index >= 15 is 0 Å². The molecule has 2 aromatic rings. The molecule has 0 bridgehead atoms. The molecule has 1 amide bonds. The van der Waals surface area contributed by atoms with Crippen molar-refractivity contribution < 1.29 is 4.79 Å². The predicted octanol–water partition coefficient (Wildman–Crippen LogP) is 4.49. The number of nitrogens with one attached hydrogen (secondary N) is 1. The topological polar surface area (TPSA) is 32.3 Å². The molecule has 0 unspecified atom stereocenters. The second kappa shape index (κ2) is 6.82. The SMILES string of the molecule is Cc1ccc(NC(=O)CN2CCC[C@H]2c2cccs2)cc1Cl. The number of rotatable bonds is 4. The fraction of sp³-hybridized carbons (Fsp3) is 0.353. The Hall–Kier alpha value is -1.36. The van der Waals surface area contributed by atoms with Gasteiger partial charge in [-0.3, -0.25) is 9.69 Å².